The van der Waals surface area contributed by atoms with Gasteiger partial charge >= 0.3 is 0 Å². The van der Waals surface area contributed by atoms with Gasteiger partial charge in [0.05, 0.1) is 38.9 Å². The molecule has 198 valence electrons. The van der Waals surface area contributed by atoms with Crippen LogP contribution < -0.4 is 4.90 Å². The number of aryl methyl sites for hydroxylation is 2. The second-order valence-electron chi connectivity index (χ2n) is 10.3. The molecule has 6 rings (SSSR count). The standard InChI is InChI=1S/C29H30Cl2N4O3/c1-16-28(17(2)38-33-16)18-4-11-25-24(14-18)32-29(35(25)19-5-8-21(37-3)9-6-19)26-12-13-27(36)34(26)20-7-10-22(30)23(31)15-20/h4,7,10-11,14-15,19,21,26H,5-6,8-9,12-13H2,1-3H3/t19?,21?,26-/m0/s1. The van der Waals surface area contributed by atoms with Crippen molar-refractivity contribution in [3.05, 3.63) is 63.7 Å². The first-order chi connectivity index (χ1) is 18.4. The second-order valence-corrected chi connectivity index (χ2v) is 11.1. The SMILES string of the molecule is COC1CCC(n2c([C@@H]3CCC(=O)N3c3ccc(Cl)c(Cl)c3)nc3cc(-c4c(C)noc4C)ccc32)CC1. The van der Waals surface area contributed by atoms with E-state index in [-0.39, 0.29) is 24.1 Å². The van der Waals surface area contributed by atoms with Crippen LogP contribution in [-0.4, -0.2) is 33.8 Å². The summed E-state index contributed by atoms with van der Waals surface area (Å²) in [5.41, 5.74) is 5.59. The molecule has 2 aromatic heterocycles. The fourth-order valence-corrected chi connectivity index (χ4v) is 6.51. The fraction of sp³-hybridized carbons (Fsp3) is 0.414. The highest BCUT2D eigenvalue weighted by molar-refractivity contribution is 6.42. The van der Waals surface area contributed by atoms with Gasteiger partial charge in [0.1, 0.15) is 11.6 Å². The van der Waals surface area contributed by atoms with Crippen molar-refractivity contribution < 1.29 is 14.1 Å². The average molecular weight is 553 g/mol. The molecule has 0 bridgehead atoms. The molecule has 3 heterocycles. The van der Waals surface area contributed by atoms with Gasteiger partial charge in [-0.05, 0) is 81.8 Å². The second kappa shape index (κ2) is 10.0. The predicted molar refractivity (Wildman–Crippen MR) is 149 cm³/mol. The first kappa shape index (κ1) is 25.4. The molecule has 2 aromatic carbocycles. The number of carbonyl (C=O) groups is 1. The molecular weight excluding hydrogens is 523 g/mol. The normalized spacial score (nSPS) is 22.1. The summed E-state index contributed by atoms with van der Waals surface area (Å²) >= 11 is 12.5. The van der Waals surface area contributed by atoms with Crippen molar-refractivity contribution in [3.63, 3.8) is 0 Å². The van der Waals surface area contributed by atoms with Crippen LogP contribution in [0, 0.1) is 13.8 Å². The van der Waals surface area contributed by atoms with E-state index in [4.69, 9.17) is 37.4 Å². The van der Waals surface area contributed by atoms with E-state index in [9.17, 15) is 4.79 Å². The molecule has 2 fully saturated rings. The van der Waals surface area contributed by atoms with Crippen LogP contribution >= 0.6 is 23.2 Å². The van der Waals surface area contributed by atoms with E-state index < -0.39 is 0 Å². The fourth-order valence-electron chi connectivity index (χ4n) is 6.21. The van der Waals surface area contributed by atoms with E-state index in [1.54, 1.807) is 19.2 Å². The maximum Gasteiger partial charge on any atom is 0.227 e. The molecule has 0 radical (unpaired) electrons. The molecule has 1 aliphatic carbocycles. The van der Waals surface area contributed by atoms with Crippen LogP contribution in [-0.2, 0) is 9.53 Å². The molecule has 9 heteroatoms. The van der Waals surface area contributed by atoms with Crippen molar-refractivity contribution in [2.24, 2.45) is 0 Å². The minimum absolute atomic E-state index is 0.0616. The van der Waals surface area contributed by atoms with Crippen LogP contribution in [0.5, 0.6) is 0 Å². The van der Waals surface area contributed by atoms with E-state index in [0.717, 1.165) is 70.8 Å². The molecular formula is C29H30Cl2N4O3. The zero-order valence-corrected chi connectivity index (χ0v) is 23.2. The topological polar surface area (TPSA) is 73.4 Å². The Morgan fingerprint density at radius 3 is 2.47 bits per heavy atom. The monoisotopic (exact) mass is 552 g/mol. The Morgan fingerprint density at radius 1 is 1.00 bits per heavy atom. The molecule has 0 unspecified atom stereocenters. The number of rotatable bonds is 5. The molecule has 4 aromatic rings. The summed E-state index contributed by atoms with van der Waals surface area (Å²) in [6.45, 7) is 3.88. The summed E-state index contributed by atoms with van der Waals surface area (Å²) < 4.78 is 13.5. The van der Waals surface area contributed by atoms with Gasteiger partial charge in [-0.3, -0.25) is 4.79 Å². The number of fused-ring (bicyclic) bond motifs is 1. The van der Waals surface area contributed by atoms with Crippen LogP contribution in [0.15, 0.2) is 40.9 Å². The number of halogens is 2. The molecule has 38 heavy (non-hydrogen) atoms. The third-order valence-electron chi connectivity index (χ3n) is 8.07. The number of methoxy groups -OCH3 is 1. The van der Waals surface area contributed by atoms with Gasteiger partial charge in [0, 0.05) is 30.8 Å². The average Bonchev–Trinajstić information content (AvgIpc) is 3.59. The minimum Gasteiger partial charge on any atom is -0.381 e. The first-order valence-corrected chi connectivity index (χ1v) is 13.9. The highest BCUT2D eigenvalue weighted by atomic mass is 35.5. The van der Waals surface area contributed by atoms with Crippen LogP contribution in [0.2, 0.25) is 10.0 Å². The Labute approximate surface area is 231 Å². The van der Waals surface area contributed by atoms with Crippen molar-refractivity contribution >= 4 is 45.8 Å². The van der Waals surface area contributed by atoms with Crippen molar-refractivity contribution in [3.8, 4) is 11.1 Å². The first-order valence-electron chi connectivity index (χ1n) is 13.1. The van der Waals surface area contributed by atoms with Crippen molar-refractivity contribution in [2.45, 2.75) is 70.6 Å². The highest BCUT2D eigenvalue weighted by Crippen LogP contribution is 2.43. The van der Waals surface area contributed by atoms with Gasteiger partial charge in [-0.2, -0.15) is 0 Å². The number of amides is 1. The lowest BCUT2D eigenvalue weighted by Crippen LogP contribution is -2.31. The third kappa shape index (κ3) is 4.31. The van der Waals surface area contributed by atoms with Crippen LogP contribution in [0.1, 0.15) is 67.9 Å². The molecule has 1 atom stereocenters. The number of nitrogens with zero attached hydrogens (tertiary/aromatic N) is 4. The number of imidazole rings is 1. The van der Waals surface area contributed by atoms with Gasteiger partial charge in [0.15, 0.2) is 0 Å². The number of ether oxygens (including phenoxy) is 1. The summed E-state index contributed by atoms with van der Waals surface area (Å²) in [6.07, 6.45) is 5.42. The lowest BCUT2D eigenvalue weighted by atomic mass is 9.92. The predicted octanol–water partition coefficient (Wildman–Crippen LogP) is 7.61. The summed E-state index contributed by atoms with van der Waals surface area (Å²) in [5.74, 6) is 1.76. The van der Waals surface area contributed by atoms with Crippen molar-refractivity contribution in [1.82, 2.24) is 14.7 Å². The Morgan fingerprint density at radius 2 is 1.79 bits per heavy atom. The van der Waals surface area contributed by atoms with Gasteiger partial charge in [-0.15, -0.1) is 0 Å². The van der Waals surface area contributed by atoms with E-state index in [1.807, 2.05) is 24.8 Å². The lowest BCUT2D eigenvalue weighted by Gasteiger charge is -2.32. The summed E-state index contributed by atoms with van der Waals surface area (Å²) in [7, 11) is 1.79. The zero-order valence-electron chi connectivity index (χ0n) is 21.7. The smallest absolute Gasteiger partial charge is 0.227 e. The summed E-state index contributed by atoms with van der Waals surface area (Å²) in [5, 5.41) is 5.03. The molecule has 1 saturated heterocycles. The van der Waals surface area contributed by atoms with Gasteiger partial charge in [-0.1, -0.05) is 34.4 Å². The summed E-state index contributed by atoms with van der Waals surface area (Å²) in [6, 6.07) is 11.8. The number of anilines is 1. The Hall–Kier alpha value is -2.87. The van der Waals surface area contributed by atoms with Crippen molar-refractivity contribution in [2.75, 3.05) is 12.0 Å². The lowest BCUT2D eigenvalue weighted by molar-refractivity contribution is -0.117. The van der Waals surface area contributed by atoms with Gasteiger partial charge < -0.3 is 18.7 Å². The third-order valence-corrected chi connectivity index (χ3v) is 8.81. The molecule has 1 aliphatic heterocycles. The number of aromatic nitrogens is 3. The molecule has 1 amide bonds. The number of benzene rings is 2. The highest BCUT2D eigenvalue weighted by Gasteiger charge is 2.38. The maximum absolute atomic E-state index is 13.2. The molecule has 1 saturated carbocycles. The maximum atomic E-state index is 13.2. The zero-order chi connectivity index (χ0) is 26.6. The largest absolute Gasteiger partial charge is 0.381 e. The Balaban J connectivity index is 1.49. The van der Waals surface area contributed by atoms with E-state index in [2.05, 4.69) is 27.9 Å². The molecule has 7 nitrogen and oxygen atoms in total. The minimum atomic E-state index is -0.199. The number of hydrogen-bond donors (Lipinski definition) is 0. The summed E-state index contributed by atoms with van der Waals surface area (Å²) in [4.78, 5) is 20.3. The molecule has 0 N–H and O–H groups in total. The van der Waals surface area contributed by atoms with Crippen LogP contribution in [0.3, 0.4) is 0 Å². The van der Waals surface area contributed by atoms with E-state index in [1.165, 1.54) is 0 Å². The number of carbonyl (C=O) groups excluding carboxylic acids is 1. The van der Waals surface area contributed by atoms with Gasteiger partial charge in [0.2, 0.25) is 5.91 Å². The number of hydrogen-bond acceptors (Lipinski definition) is 5. The van der Waals surface area contributed by atoms with Crippen LogP contribution in [0.25, 0.3) is 22.2 Å². The quantitative estimate of drug-likeness (QED) is 0.254. The molecule has 0 spiro atoms. The van der Waals surface area contributed by atoms with Gasteiger partial charge in [-0.25, -0.2) is 4.98 Å². The van der Waals surface area contributed by atoms with Crippen LogP contribution in [0.4, 0.5) is 5.69 Å². The van der Waals surface area contributed by atoms with Crippen molar-refractivity contribution in [1.29, 1.82) is 0 Å². The molecule has 2 aliphatic rings. The van der Waals surface area contributed by atoms with E-state index >= 15 is 0 Å². The Kier molecular flexibility index (Phi) is 6.70. The van der Waals surface area contributed by atoms with E-state index in [0.29, 0.717) is 22.9 Å². The Bertz CT molecular complexity index is 1500. The van der Waals surface area contributed by atoms with Gasteiger partial charge in [0.25, 0.3) is 0 Å².